The lowest BCUT2D eigenvalue weighted by Gasteiger charge is -2.31. The van der Waals surface area contributed by atoms with E-state index in [-0.39, 0.29) is 5.91 Å². The van der Waals surface area contributed by atoms with Crippen molar-refractivity contribution in [1.82, 2.24) is 14.8 Å². The molecule has 1 N–H and O–H groups in total. The zero-order chi connectivity index (χ0) is 14.5. The van der Waals surface area contributed by atoms with Crippen LogP contribution in [0, 0.1) is 5.92 Å². The number of aromatic nitrogens is 1. The summed E-state index contributed by atoms with van der Waals surface area (Å²) in [4.78, 5) is 20.9. The van der Waals surface area contributed by atoms with Crippen molar-refractivity contribution >= 4 is 11.7 Å². The first kappa shape index (κ1) is 14.8. The molecule has 0 saturated carbocycles. The molecule has 1 fully saturated rings. The Morgan fingerprint density at radius 3 is 2.85 bits per heavy atom. The van der Waals surface area contributed by atoms with Gasteiger partial charge in [-0.25, -0.2) is 4.98 Å². The molecule has 0 aliphatic carbocycles. The van der Waals surface area contributed by atoms with Crippen LogP contribution in [0.4, 0.5) is 5.82 Å². The molecule has 0 spiro atoms. The molecular formula is C15H24N4O. The van der Waals surface area contributed by atoms with Gasteiger partial charge in [0.15, 0.2) is 0 Å². The van der Waals surface area contributed by atoms with Crippen molar-refractivity contribution in [3.63, 3.8) is 0 Å². The highest BCUT2D eigenvalue weighted by Crippen LogP contribution is 2.19. The average molecular weight is 276 g/mol. The highest BCUT2D eigenvalue weighted by atomic mass is 16.2. The molecule has 1 amide bonds. The monoisotopic (exact) mass is 276 g/mol. The number of nitrogens with one attached hydrogen (secondary N) is 1. The number of likely N-dealkylation sites (tertiary alicyclic amines) is 1. The Kier molecular flexibility index (Phi) is 4.95. The Balaban J connectivity index is 1.98. The van der Waals surface area contributed by atoms with Gasteiger partial charge in [-0.15, -0.1) is 0 Å². The number of hydrogen-bond acceptors (Lipinski definition) is 4. The first-order valence-electron chi connectivity index (χ1n) is 7.18. The molecule has 0 atom stereocenters. The minimum absolute atomic E-state index is 0.0429. The maximum atomic E-state index is 12.5. The average Bonchev–Trinajstić information content (AvgIpc) is 2.48. The first-order valence-corrected chi connectivity index (χ1v) is 7.18. The van der Waals surface area contributed by atoms with Crippen molar-refractivity contribution < 1.29 is 4.79 Å². The van der Waals surface area contributed by atoms with Crippen LogP contribution < -0.4 is 5.32 Å². The maximum absolute atomic E-state index is 12.5. The number of rotatable bonds is 4. The molecule has 0 unspecified atom stereocenters. The summed E-state index contributed by atoms with van der Waals surface area (Å²) in [5.41, 5.74) is 0.644. The summed E-state index contributed by atoms with van der Waals surface area (Å²) in [5, 5.41) is 2.98. The van der Waals surface area contributed by atoms with Crippen LogP contribution in [0.25, 0.3) is 0 Å². The van der Waals surface area contributed by atoms with E-state index in [1.807, 2.05) is 18.0 Å². The van der Waals surface area contributed by atoms with Crippen LogP contribution >= 0.6 is 0 Å². The molecule has 0 radical (unpaired) electrons. The van der Waals surface area contributed by atoms with Gasteiger partial charge in [0.25, 0.3) is 5.91 Å². The fourth-order valence-corrected chi connectivity index (χ4v) is 2.70. The highest BCUT2D eigenvalue weighted by molar-refractivity contribution is 5.98. The summed E-state index contributed by atoms with van der Waals surface area (Å²) in [6, 6.07) is 3.63. The van der Waals surface area contributed by atoms with E-state index >= 15 is 0 Å². The second kappa shape index (κ2) is 6.70. The van der Waals surface area contributed by atoms with Gasteiger partial charge in [-0.3, -0.25) is 4.79 Å². The second-order valence-electron chi connectivity index (χ2n) is 5.58. The van der Waals surface area contributed by atoms with Crippen LogP contribution in [0.1, 0.15) is 23.2 Å². The first-order chi connectivity index (χ1) is 9.61. The third-order valence-corrected chi connectivity index (χ3v) is 3.99. The Hall–Kier alpha value is -1.62. The number of piperidine rings is 1. The Morgan fingerprint density at radius 1 is 1.50 bits per heavy atom. The minimum atomic E-state index is 0.0429. The molecule has 2 heterocycles. The van der Waals surface area contributed by atoms with Crippen LogP contribution in [0.5, 0.6) is 0 Å². The number of carbonyl (C=O) groups excluding carboxylic acids is 1. The van der Waals surface area contributed by atoms with Crippen molar-refractivity contribution in [3.05, 3.63) is 23.9 Å². The van der Waals surface area contributed by atoms with Gasteiger partial charge < -0.3 is 15.1 Å². The van der Waals surface area contributed by atoms with Gasteiger partial charge in [0, 0.05) is 26.8 Å². The van der Waals surface area contributed by atoms with Crippen LogP contribution in [0.2, 0.25) is 0 Å². The fraction of sp³-hybridized carbons (Fsp3) is 0.600. The molecule has 0 aromatic carbocycles. The normalized spacial score (nSPS) is 16.9. The molecule has 5 heteroatoms. The van der Waals surface area contributed by atoms with E-state index in [1.54, 1.807) is 19.3 Å². The van der Waals surface area contributed by atoms with E-state index in [0.29, 0.717) is 17.3 Å². The molecule has 110 valence electrons. The largest absolute Gasteiger partial charge is 0.372 e. The zero-order valence-corrected chi connectivity index (χ0v) is 12.6. The molecule has 2 rings (SSSR count). The number of anilines is 1. The molecule has 20 heavy (non-hydrogen) atoms. The molecule has 1 saturated heterocycles. The van der Waals surface area contributed by atoms with Gasteiger partial charge in [-0.05, 0) is 51.0 Å². The van der Waals surface area contributed by atoms with Crippen LogP contribution in [-0.4, -0.2) is 61.5 Å². The van der Waals surface area contributed by atoms with Crippen molar-refractivity contribution in [2.24, 2.45) is 5.92 Å². The molecule has 1 aliphatic rings. The predicted molar refractivity (Wildman–Crippen MR) is 81.0 cm³/mol. The van der Waals surface area contributed by atoms with Crippen molar-refractivity contribution in [1.29, 1.82) is 0 Å². The lowest BCUT2D eigenvalue weighted by molar-refractivity contribution is 0.0748. The molecule has 1 aromatic heterocycles. The summed E-state index contributed by atoms with van der Waals surface area (Å²) in [7, 11) is 5.82. The van der Waals surface area contributed by atoms with Gasteiger partial charge in [0.2, 0.25) is 0 Å². The quantitative estimate of drug-likeness (QED) is 0.906. The standard InChI is InChI=1S/C15H24N4O/c1-16-14-13(5-4-8-17-14)15(20)19(3)11-12-6-9-18(2)10-7-12/h4-5,8,12H,6-7,9-11H2,1-3H3,(H,16,17). The Morgan fingerprint density at radius 2 is 2.20 bits per heavy atom. The summed E-state index contributed by atoms with van der Waals surface area (Å²) in [6.07, 6.45) is 4.03. The van der Waals surface area contributed by atoms with Crippen molar-refractivity contribution in [2.45, 2.75) is 12.8 Å². The van der Waals surface area contributed by atoms with Crippen molar-refractivity contribution in [3.8, 4) is 0 Å². The van der Waals surface area contributed by atoms with Crippen LogP contribution in [0.3, 0.4) is 0 Å². The number of hydrogen-bond donors (Lipinski definition) is 1. The fourth-order valence-electron chi connectivity index (χ4n) is 2.70. The number of nitrogens with zero attached hydrogens (tertiary/aromatic N) is 3. The SMILES string of the molecule is CNc1ncccc1C(=O)N(C)CC1CCN(C)CC1. The third-order valence-electron chi connectivity index (χ3n) is 3.99. The van der Waals surface area contributed by atoms with Gasteiger partial charge in [0.1, 0.15) is 5.82 Å². The van der Waals surface area contributed by atoms with Gasteiger partial charge in [-0.1, -0.05) is 0 Å². The second-order valence-corrected chi connectivity index (χ2v) is 5.58. The highest BCUT2D eigenvalue weighted by Gasteiger charge is 2.22. The topological polar surface area (TPSA) is 48.5 Å². The molecular weight excluding hydrogens is 252 g/mol. The number of pyridine rings is 1. The zero-order valence-electron chi connectivity index (χ0n) is 12.6. The van der Waals surface area contributed by atoms with Crippen LogP contribution in [-0.2, 0) is 0 Å². The lowest BCUT2D eigenvalue weighted by atomic mass is 9.96. The van der Waals surface area contributed by atoms with Crippen LogP contribution in [0.15, 0.2) is 18.3 Å². The molecule has 5 nitrogen and oxygen atoms in total. The number of amides is 1. The number of carbonyl (C=O) groups is 1. The van der Waals surface area contributed by atoms with Crippen molar-refractivity contribution in [2.75, 3.05) is 46.1 Å². The summed E-state index contributed by atoms with van der Waals surface area (Å²) in [6.45, 7) is 3.08. The van der Waals surface area contributed by atoms with E-state index < -0.39 is 0 Å². The van der Waals surface area contributed by atoms with E-state index in [4.69, 9.17) is 0 Å². The van der Waals surface area contributed by atoms with E-state index in [0.717, 1.165) is 19.6 Å². The Bertz CT molecular complexity index is 455. The van der Waals surface area contributed by atoms with Gasteiger partial charge >= 0.3 is 0 Å². The van der Waals surface area contributed by atoms with Gasteiger partial charge in [0.05, 0.1) is 5.56 Å². The third kappa shape index (κ3) is 3.48. The Labute approximate surface area is 121 Å². The minimum Gasteiger partial charge on any atom is -0.372 e. The van der Waals surface area contributed by atoms with E-state index in [1.165, 1.54) is 12.8 Å². The van der Waals surface area contributed by atoms with Gasteiger partial charge in [-0.2, -0.15) is 0 Å². The molecule has 1 aliphatic heterocycles. The smallest absolute Gasteiger partial charge is 0.257 e. The predicted octanol–water partition coefficient (Wildman–Crippen LogP) is 1.54. The summed E-state index contributed by atoms with van der Waals surface area (Å²) >= 11 is 0. The maximum Gasteiger partial charge on any atom is 0.257 e. The summed E-state index contributed by atoms with van der Waals surface area (Å²) < 4.78 is 0. The molecule has 0 bridgehead atoms. The lowest BCUT2D eigenvalue weighted by Crippen LogP contribution is -2.38. The van der Waals surface area contributed by atoms with E-state index in [2.05, 4.69) is 22.2 Å². The summed E-state index contributed by atoms with van der Waals surface area (Å²) in [5.74, 6) is 1.30. The molecule has 1 aromatic rings. The van der Waals surface area contributed by atoms with E-state index in [9.17, 15) is 4.79 Å².